The van der Waals surface area contributed by atoms with Crippen LogP contribution in [0.4, 0.5) is 5.69 Å². The molecule has 1 N–H and O–H groups in total. The molecule has 3 aromatic carbocycles. The van der Waals surface area contributed by atoms with Crippen molar-refractivity contribution in [3.63, 3.8) is 0 Å². The molecule has 1 amide bonds. The van der Waals surface area contributed by atoms with Gasteiger partial charge in [0.15, 0.2) is 17.1 Å². The lowest BCUT2D eigenvalue weighted by molar-refractivity contribution is 0.102. The third-order valence-electron chi connectivity index (χ3n) is 4.91. The Kier molecular flexibility index (Phi) is 3.98. The maximum Gasteiger partial charge on any atom is 0.255 e. The molecule has 1 aliphatic rings. The Morgan fingerprint density at radius 1 is 0.966 bits per heavy atom. The van der Waals surface area contributed by atoms with Gasteiger partial charge in [-0.2, -0.15) is 0 Å². The standard InChI is InChI=1S/C23H18N2O4/c1-13-3-7-19-18(9-13)25-23(29-19)16-5-4-14(2)17(10-16)24-22(26)15-6-8-20-21(11-15)28-12-27-20/h3-11H,12H2,1-2H3,(H,24,26). The second kappa shape index (κ2) is 6.67. The van der Waals surface area contributed by atoms with Crippen molar-refractivity contribution >= 4 is 22.7 Å². The second-order valence-corrected chi connectivity index (χ2v) is 7.04. The van der Waals surface area contributed by atoms with Gasteiger partial charge in [-0.1, -0.05) is 12.1 Å². The lowest BCUT2D eigenvalue weighted by Gasteiger charge is -2.10. The lowest BCUT2D eigenvalue weighted by Crippen LogP contribution is -2.12. The SMILES string of the molecule is Cc1ccc2oc(-c3ccc(C)c(NC(=O)c4ccc5c(c4)OCO5)c3)nc2c1. The molecule has 0 bridgehead atoms. The van der Waals surface area contributed by atoms with Gasteiger partial charge in [0.1, 0.15) is 5.52 Å². The molecule has 0 saturated carbocycles. The normalized spacial score (nSPS) is 12.3. The fourth-order valence-corrected chi connectivity index (χ4v) is 3.28. The number of aromatic nitrogens is 1. The summed E-state index contributed by atoms with van der Waals surface area (Å²) in [5.41, 5.74) is 5.60. The second-order valence-electron chi connectivity index (χ2n) is 7.04. The third kappa shape index (κ3) is 3.18. The zero-order valence-electron chi connectivity index (χ0n) is 16.0. The topological polar surface area (TPSA) is 73.6 Å². The molecule has 0 fully saturated rings. The summed E-state index contributed by atoms with van der Waals surface area (Å²) in [6.45, 7) is 4.13. The number of anilines is 1. The molecule has 2 heterocycles. The fourth-order valence-electron chi connectivity index (χ4n) is 3.28. The summed E-state index contributed by atoms with van der Waals surface area (Å²) in [6.07, 6.45) is 0. The van der Waals surface area contributed by atoms with Gasteiger partial charge in [0.05, 0.1) is 0 Å². The molecule has 1 aromatic heterocycles. The fraction of sp³-hybridized carbons (Fsp3) is 0.130. The molecule has 6 nitrogen and oxygen atoms in total. The predicted octanol–water partition coefficient (Wildman–Crippen LogP) is 5.09. The van der Waals surface area contributed by atoms with E-state index in [1.165, 1.54) is 0 Å². The number of oxazole rings is 1. The number of nitrogens with zero attached hydrogens (tertiary/aromatic N) is 1. The van der Waals surface area contributed by atoms with Crippen LogP contribution in [0.2, 0.25) is 0 Å². The van der Waals surface area contributed by atoms with Gasteiger partial charge in [0, 0.05) is 16.8 Å². The van der Waals surface area contributed by atoms with E-state index in [-0.39, 0.29) is 12.7 Å². The largest absolute Gasteiger partial charge is 0.454 e. The van der Waals surface area contributed by atoms with Crippen LogP contribution in [0.25, 0.3) is 22.6 Å². The Balaban J connectivity index is 1.45. The number of hydrogen-bond acceptors (Lipinski definition) is 5. The zero-order valence-corrected chi connectivity index (χ0v) is 16.0. The highest BCUT2D eigenvalue weighted by atomic mass is 16.7. The van der Waals surface area contributed by atoms with Crippen molar-refractivity contribution in [2.75, 3.05) is 12.1 Å². The Labute approximate surface area is 167 Å². The number of aryl methyl sites for hydroxylation is 2. The van der Waals surface area contributed by atoms with Crippen molar-refractivity contribution in [1.29, 1.82) is 0 Å². The van der Waals surface area contributed by atoms with Crippen LogP contribution >= 0.6 is 0 Å². The minimum atomic E-state index is -0.225. The number of carbonyl (C=O) groups excluding carboxylic acids is 1. The van der Waals surface area contributed by atoms with Crippen LogP contribution in [0, 0.1) is 13.8 Å². The van der Waals surface area contributed by atoms with E-state index >= 15 is 0 Å². The van der Waals surface area contributed by atoms with Crippen molar-refractivity contribution in [2.24, 2.45) is 0 Å². The van der Waals surface area contributed by atoms with Gasteiger partial charge in [-0.25, -0.2) is 4.98 Å². The summed E-state index contributed by atoms with van der Waals surface area (Å²) < 4.78 is 16.5. The Morgan fingerprint density at radius 2 is 1.83 bits per heavy atom. The molecule has 0 aliphatic carbocycles. The van der Waals surface area contributed by atoms with Crippen molar-refractivity contribution in [1.82, 2.24) is 4.98 Å². The minimum absolute atomic E-state index is 0.172. The van der Waals surface area contributed by atoms with Gasteiger partial charge in [0.2, 0.25) is 12.7 Å². The maximum absolute atomic E-state index is 12.7. The van der Waals surface area contributed by atoms with Gasteiger partial charge in [0.25, 0.3) is 5.91 Å². The minimum Gasteiger partial charge on any atom is -0.454 e. The molecule has 4 aromatic rings. The molecule has 0 unspecified atom stereocenters. The summed E-state index contributed by atoms with van der Waals surface area (Å²) in [6, 6.07) is 16.8. The van der Waals surface area contributed by atoms with Crippen molar-refractivity contribution in [3.05, 3.63) is 71.3 Å². The maximum atomic E-state index is 12.7. The van der Waals surface area contributed by atoms with Crippen molar-refractivity contribution in [3.8, 4) is 23.0 Å². The highest BCUT2D eigenvalue weighted by Crippen LogP contribution is 2.33. The summed E-state index contributed by atoms with van der Waals surface area (Å²) in [4.78, 5) is 17.3. The van der Waals surface area contributed by atoms with Gasteiger partial charge < -0.3 is 19.2 Å². The molecule has 5 rings (SSSR count). The Bertz CT molecular complexity index is 1260. The number of ether oxygens (including phenoxy) is 2. The monoisotopic (exact) mass is 386 g/mol. The average molecular weight is 386 g/mol. The van der Waals surface area contributed by atoms with Gasteiger partial charge >= 0.3 is 0 Å². The van der Waals surface area contributed by atoms with Crippen LogP contribution in [0.15, 0.2) is 59.0 Å². The van der Waals surface area contributed by atoms with E-state index in [4.69, 9.17) is 13.9 Å². The highest BCUT2D eigenvalue weighted by molar-refractivity contribution is 6.05. The van der Waals surface area contributed by atoms with Gasteiger partial charge in [-0.15, -0.1) is 0 Å². The van der Waals surface area contributed by atoms with E-state index in [1.54, 1.807) is 18.2 Å². The molecule has 0 atom stereocenters. The molecule has 0 spiro atoms. The number of rotatable bonds is 3. The number of carbonyl (C=O) groups is 1. The zero-order chi connectivity index (χ0) is 20.0. The van der Waals surface area contributed by atoms with E-state index in [1.807, 2.05) is 50.2 Å². The Morgan fingerprint density at radius 3 is 2.72 bits per heavy atom. The first kappa shape index (κ1) is 17.3. The van der Waals surface area contributed by atoms with Gasteiger partial charge in [-0.05, 0) is 67.4 Å². The number of nitrogens with one attached hydrogen (secondary N) is 1. The number of fused-ring (bicyclic) bond motifs is 2. The first-order valence-corrected chi connectivity index (χ1v) is 9.26. The lowest BCUT2D eigenvalue weighted by atomic mass is 10.1. The molecular formula is C23H18N2O4. The first-order chi connectivity index (χ1) is 14.1. The molecule has 144 valence electrons. The summed E-state index contributed by atoms with van der Waals surface area (Å²) in [7, 11) is 0. The Hall–Kier alpha value is -3.80. The van der Waals surface area contributed by atoms with Crippen LogP contribution in [0.3, 0.4) is 0 Å². The molecule has 1 aliphatic heterocycles. The van der Waals surface area contributed by atoms with E-state index in [0.29, 0.717) is 28.6 Å². The summed E-state index contributed by atoms with van der Waals surface area (Å²) in [5, 5.41) is 2.97. The predicted molar refractivity (Wildman–Crippen MR) is 109 cm³/mol. The molecule has 29 heavy (non-hydrogen) atoms. The summed E-state index contributed by atoms with van der Waals surface area (Å²) in [5.74, 6) is 1.51. The molecule has 6 heteroatoms. The third-order valence-corrected chi connectivity index (χ3v) is 4.91. The molecule has 0 saturated heterocycles. The van der Waals surface area contributed by atoms with E-state index < -0.39 is 0 Å². The van der Waals surface area contributed by atoms with Crippen LogP contribution in [-0.2, 0) is 0 Å². The number of hydrogen-bond donors (Lipinski definition) is 1. The van der Waals surface area contributed by atoms with E-state index in [0.717, 1.165) is 27.8 Å². The molecular weight excluding hydrogens is 368 g/mol. The van der Waals surface area contributed by atoms with Crippen molar-refractivity contribution in [2.45, 2.75) is 13.8 Å². The average Bonchev–Trinajstić information content (AvgIpc) is 3.35. The van der Waals surface area contributed by atoms with Crippen molar-refractivity contribution < 1.29 is 18.7 Å². The van der Waals surface area contributed by atoms with Gasteiger partial charge in [-0.3, -0.25) is 4.79 Å². The van der Waals surface area contributed by atoms with Crippen LogP contribution in [0.5, 0.6) is 11.5 Å². The molecule has 0 radical (unpaired) electrons. The van der Waals surface area contributed by atoms with Crippen LogP contribution in [0.1, 0.15) is 21.5 Å². The van der Waals surface area contributed by atoms with Crippen LogP contribution in [-0.4, -0.2) is 17.7 Å². The quantitative estimate of drug-likeness (QED) is 0.531. The number of benzene rings is 3. The van der Waals surface area contributed by atoms with Crippen LogP contribution < -0.4 is 14.8 Å². The van der Waals surface area contributed by atoms with E-state index in [9.17, 15) is 4.79 Å². The summed E-state index contributed by atoms with van der Waals surface area (Å²) >= 11 is 0. The first-order valence-electron chi connectivity index (χ1n) is 9.26. The smallest absolute Gasteiger partial charge is 0.255 e. The van der Waals surface area contributed by atoms with E-state index in [2.05, 4.69) is 10.3 Å². The highest BCUT2D eigenvalue weighted by Gasteiger charge is 2.17. The number of amides is 1.